The van der Waals surface area contributed by atoms with Crippen molar-refractivity contribution in [3.63, 3.8) is 0 Å². The lowest BCUT2D eigenvalue weighted by atomic mass is 9.81. The zero-order chi connectivity index (χ0) is 13.1. The van der Waals surface area contributed by atoms with Gasteiger partial charge in [-0.05, 0) is 51.9 Å². The van der Waals surface area contributed by atoms with Gasteiger partial charge in [-0.1, -0.05) is 13.8 Å². The van der Waals surface area contributed by atoms with Gasteiger partial charge in [-0.3, -0.25) is 5.43 Å². The molecule has 0 bridgehead atoms. The van der Waals surface area contributed by atoms with Crippen molar-refractivity contribution in [3.05, 3.63) is 0 Å². The van der Waals surface area contributed by atoms with E-state index < -0.39 is 11.7 Å². The molecule has 4 nitrogen and oxygen atoms in total. The van der Waals surface area contributed by atoms with Crippen molar-refractivity contribution in [2.24, 2.45) is 11.8 Å². The third kappa shape index (κ3) is 5.91. The normalized spacial score (nSPS) is 29.8. The van der Waals surface area contributed by atoms with Crippen LogP contribution in [0.25, 0.3) is 0 Å². The standard InChI is InChI=1S/C13H26N2O2/c1-9-6-10(2)8-11(7-9)14-15-12(16)17-13(3,4)5/h9-11,14H,6-8H2,1-5H3,(H,15,16). The Balaban J connectivity index is 2.28. The molecule has 0 aliphatic heterocycles. The van der Waals surface area contributed by atoms with E-state index in [4.69, 9.17) is 4.74 Å². The van der Waals surface area contributed by atoms with Gasteiger partial charge in [-0.25, -0.2) is 10.2 Å². The minimum Gasteiger partial charge on any atom is -0.443 e. The van der Waals surface area contributed by atoms with Gasteiger partial charge in [0.05, 0.1) is 0 Å². The number of ether oxygens (including phenoxy) is 1. The van der Waals surface area contributed by atoms with E-state index in [1.807, 2.05) is 20.8 Å². The third-order valence-electron chi connectivity index (χ3n) is 2.96. The lowest BCUT2D eigenvalue weighted by Gasteiger charge is -2.32. The Kier molecular flexibility index (Phi) is 4.80. The SMILES string of the molecule is CC1CC(C)CC(NNC(=O)OC(C)(C)C)C1. The van der Waals surface area contributed by atoms with Crippen molar-refractivity contribution in [3.8, 4) is 0 Å². The second-order valence-corrected chi connectivity index (χ2v) is 6.39. The van der Waals surface area contributed by atoms with Crippen molar-refractivity contribution in [1.82, 2.24) is 10.9 Å². The quantitative estimate of drug-likeness (QED) is 0.732. The average Bonchev–Trinajstić information content (AvgIpc) is 2.10. The van der Waals surface area contributed by atoms with Gasteiger partial charge in [0, 0.05) is 6.04 Å². The fraction of sp³-hybridized carbons (Fsp3) is 0.923. The summed E-state index contributed by atoms with van der Waals surface area (Å²) in [5.41, 5.74) is 5.27. The molecule has 0 saturated heterocycles. The number of carbonyl (C=O) groups excluding carboxylic acids is 1. The maximum atomic E-state index is 11.5. The highest BCUT2D eigenvalue weighted by Gasteiger charge is 2.24. The summed E-state index contributed by atoms with van der Waals surface area (Å²) < 4.78 is 5.17. The van der Waals surface area contributed by atoms with E-state index in [1.54, 1.807) is 0 Å². The number of amides is 1. The summed E-state index contributed by atoms with van der Waals surface area (Å²) >= 11 is 0. The molecule has 2 N–H and O–H groups in total. The molecule has 0 aromatic rings. The Morgan fingerprint density at radius 2 is 1.65 bits per heavy atom. The molecule has 1 amide bonds. The predicted molar refractivity (Wildman–Crippen MR) is 68.5 cm³/mol. The van der Waals surface area contributed by atoms with E-state index in [0.717, 1.165) is 24.7 Å². The summed E-state index contributed by atoms with van der Waals surface area (Å²) in [5, 5.41) is 0. The van der Waals surface area contributed by atoms with Crippen molar-refractivity contribution in [2.45, 2.75) is 65.5 Å². The highest BCUT2D eigenvalue weighted by molar-refractivity contribution is 5.67. The Hall–Kier alpha value is -0.770. The average molecular weight is 242 g/mol. The van der Waals surface area contributed by atoms with Crippen molar-refractivity contribution in [2.75, 3.05) is 0 Å². The molecule has 1 saturated carbocycles. The van der Waals surface area contributed by atoms with Crippen LogP contribution >= 0.6 is 0 Å². The van der Waals surface area contributed by atoms with Gasteiger partial charge in [-0.15, -0.1) is 0 Å². The molecule has 2 atom stereocenters. The second-order valence-electron chi connectivity index (χ2n) is 6.39. The van der Waals surface area contributed by atoms with Crippen LogP contribution in [0.15, 0.2) is 0 Å². The van der Waals surface area contributed by atoms with Crippen molar-refractivity contribution >= 4 is 6.09 Å². The molecule has 1 aliphatic carbocycles. The van der Waals surface area contributed by atoms with Gasteiger partial charge >= 0.3 is 6.09 Å². The molecule has 0 heterocycles. The first-order chi connectivity index (χ1) is 7.76. The van der Waals surface area contributed by atoms with Crippen LogP contribution in [0.5, 0.6) is 0 Å². The molecule has 4 heteroatoms. The zero-order valence-electron chi connectivity index (χ0n) is 11.7. The molecular formula is C13H26N2O2. The number of hydrazine groups is 1. The molecule has 0 radical (unpaired) electrons. The van der Waals surface area contributed by atoms with Gasteiger partial charge in [0.25, 0.3) is 0 Å². The monoisotopic (exact) mass is 242 g/mol. The fourth-order valence-corrected chi connectivity index (χ4v) is 2.53. The maximum absolute atomic E-state index is 11.5. The van der Waals surface area contributed by atoms with Crippen LogP contribution in [0.1, 0.15) is 53.9 Å². The smallest absolute Gasteiger partial charge is 0.422 e. The second kappa shape index (κ2) is 5.71. The Bertz CT molecular complexity index is 251. The van der Waals surface area contributed by atoms with Gasteiger partial charge in [0.15, 0.2) is 0 Å². The van der Waals surface area contributed by atoms with Crippen LogP contribution in [-0.4, -0.2) is 17.7 Å². The number of hydrogen-bond donors (Lipinski definition) is 2. The Morgan fingerprint density at radius 3 is 2.12 bits per heavy atom. The van der Waals surface area contributed by atoms with Crippen LogP contribution in [0.3, 0.4) is 0 Å². The predicted octanol–water partition coefficient (Wildman–Crippen LogP) is 2.84. The van der Waals surface area contributed by atoms with Gasteiger partial charge in [0.1, 0.15) is 5.60 Å². The van der Waals surface area contributed by atoms with E-state index in [0.29, 0.717) is 6.04 Å². The maximum Gasteiger partial charge on any atom is 0.422 e. The molecule has 1 aliphatic rings. The molecule has 0 aromatic heterocycles. The molecule has 17 heavy (non-hydrogen) atoms. The van der Waals surface area contributed by atoms with Gasteiger partial charge in [0.2, 0.25) is 0 Å². The van der Waals surface area contributed by atoms with Crippen molar-refractivity contribution < 1.29 is 9.53 Å². The number of nitrogens with one attached hydrogen (secondary N) is 2. The van der Waals surface area contributed by atoms with E-state index in [9.17, 15) is 4.79 Å². The first-order valence-corrected chi connectivity index (χ1v) is 6.51. The third-order valence-corrected chi connectivity index (χ3v) is 2.96. The summed E-state index contributed by atoms with van der Waals surface area (Å²) in [5.74, 6) is 1.44. The first kappa shape index (κ1) is 14.3. The van der Waals surface area contributed by atoms with E-state index in [1.165, 1.54) is 6.42 Å². The lowest BCUT2D eigenvalue weighted by Crippen LogP contribution is -2.48. The van der Waals surface area contributed by atoms with Gasteiger partial charge in [-0.2, -0.15) is 0 Å². The van der Waals surface area contributed by atoms with Crippen LogP contribution in [0.2, 0.25) is 0 Å². The van der Waals surface area contributed by atoms with Crippen LogP contribution in [0.4, 0.5) is 4.79 Å². The van der Waals surface area contributed by atoms with Gasteiger partial charge < -0.3 is 4.74 Å². The molecule has 0 aromatic carbocycles. The highest BCUT2D eigenvalue weighted by Crippen LogP contribution is 2.28. The Morgan fingerprint density at radius 1 is 1.12 bits per heavy atom. The Labute approximate surface area is 104 Å². The molecule has 0 spiro atoms. The minimum atomic E-state index is -0.446. The largest absolute Gasteiger partial charge is 0.443 e. The topological polar surface area (TPSA) is 50.4 Å². The molecular weight excluding hydrogens is 216 g/mol. The molecule has 1 fully saturated rings. The fourth-order valence-electron chi connectivity index (χ4n) is 2.53. The zero-order valence-corrected chi connectivity index (χ0v) is 11.7. The number of carbonyl (C=O) groups is 1. The summed E-state index contributed by atoms with van der Waals surface area (Å²) in [6.45, 7) is 10.1. The minimum absolute atomic E-state index is 0.362. The molecule has 100 valence electrons. The summed E-state index contributed by atoms with van der Waals surface area (Å²) in [4.78, 5) is 11.5. The van der Waals surface area contributed by atoms with Crippen LogP contribution < -0.4 is 10.9 Å². The van der Waals surface area contributed by atoms with E-state index in [2.05, 4.69) is 24.7 Å². The van der Waals surface area contributed by atoms with E-state index >= 15 is 0 Å². The first-order valence-electron chi connectivity index (χ1n) is 6.51. The van der Waals surface area contributed by atoms with Crippen molar-refractivity contribution in [1.29, 1.82) is 0 Å². The van der Waals surface area contributed by atoms with Crippen LogP contribution in [0, 0.1) is 11.8 Å². The summed E-state index contributed by atoms with van der Waals surface area (Å²) in [6.07, 6.45) is 3.11. The summed E-state index contributed by atoms with van der Waals surface area (Å²) in [6, 6.07) is 0.362. The molecule has 1 rings (SSSR count). The summed E-state index contributed by atoms with van der Waals surface area (Å²) in [7, 11) is 0. The lowest BCUT2D eigenvalue weighted by molar-refractivity contribution is 0.0473. The number of hydrogen-bond acceptors (Lipinski definition) is 3. The van der Waals surface area contributed by atoms with E-state index in [-0.39, 0.29) is 0 Å². The molecule has 2 unspecified atom stereocenters. The highest BCUT2D eigenvalue weighted by atomic mass is 16.6. The number of rotatable bonds is 2. The van der Waals surface area contributed by atoms with Crippen LogP contribution in [-0.2, 0) is 4.74 Å².